The summed E-state index contributed by atoms with van der Waals surface area (Å²) in [6.07, 6.45) is -4.41. The van der Waals surface area contributed by atoms with Gasteiger partial charge >= 0.3 is 6.18 Å². The summed E-state index contributed by atoms with van der Waals surface area (Å²) in [5.41, 5.74) is 0.816. The fraction of sp³-hybridized carbons (Fsp3) is 0.462. The molecule has 2 unspecified atom stereocenters. The molecule has 0 fully saturated rings. The highest BCUT2D eigenvalue weighted by Gasteiger charge is 2.44. The molecule has 0 saturated heterocycles. The fourth-order valence-corrected chi connectivity index (χ4v) is 2.33. The van der Waals surface area contributed by atoms with Crippen LogP contribution in [0.4, 0.5) is 17.6 Å². The number of likely N-dealkylation sites (N-methyl/N-ethyl adjacent to an activating group) is 1. The number of hydrogen-bond acceptors (Lipinski definition) is 2. The number of amidine groups is 1. The monoisotopic (exact) mass is 352 g/mol. The minimum atomic E-state index is -4.41. The van der Waals surface area contributed by atoms with Crippen molar-refractivity contribution in [2.45, 2.75) is 24.0 Å². The van der Waals surface area contributed by atoms with Gasteiger partial charge in [-0.05, 0) is 24.6 Å². The van der Waals surface area contributed by atoms with E-state index in [1.807, 2.05) is 6.92 Å². The molecular formula is C13H13BrF4N2. The van der Waals surface area contributed by atoms with Crippen LogP contribution < -0.4 is 0 Å². The molecular weight excluding hydrogens is 340 g/mol. The van der Waals surface area contributed by atoms with Crippen molar-refractivity contribution in [1.29, 1.82) is 0 Å². The summed E-state index contributed by atoms with van der Waals surface area (Å²) in [5, 5.41) is 0. The minimum Gasteiger partial charge on any atom is -0.357 e. The summed E-state index contributed by atoms with van der Waals surface area (Å²) in [6, 6.07) is 2.66. The largest absolute Gasteiger partial charge is 0.412 e. The van der Waals surface area contributed by atoms with Crippen LogP contribution in [0.25, 0.3) is 0 Å². The second-order valence-electron chi connectivity index (χ2n) is 4.75. The molecule has 110 valence electrons. The zero-order chi connectivity index (χ0) is 15.1. The first-order valence-corrected chi connectivity index (χ1v) is 6.91. The Morgan fingerprint density at radius 3 is 2.50 bits per heavy atom. The van der Waals surface area contributed by atoms with Gasteiger partial charge in [-0.3, -0.25) is 4.99 Å². The lowest BCUT2D eigenvalue weighted by molar-refractivity contribution is -0.145. The molecule has 1 aliphatic heterocycles. The molecule has 7 heteroatoms. The highest BCUT2D eigenvalue weighted by molar-refractivity contribution is 9.09. The van der Waals surface area contributed by atoms with Crippen molar-refractivity contribution < 1.29 is 17.6 Å². The van der Waals surface area contributed by atoms with E-state index in [9.17, 15) is 17.6 Å². The maximum absolute atomic E-state index is 14.0. The second-order valence-corrected chi connectivity index (χ2v) is 6.12. The maximum atomic E-state index is 14.0. The van der Waals surface area contributed by atoms with Gasteiger partial charge in [0.15, 0.2) is 6.04 Å². The van der Waals surface area contributed by atoms with Crippen LogP contribution in [0, 0.1) is 5.82 Å². The standard InChI is InChI=1S/C13H13BrF4N2/c1-7(14)8-3-4-9(10(15)5-8)12-19-11(6-20(12)2)13(16,17)18/h3-5,7,11H,6H2,1-2H3. The third-order valence-corrected chi connectivity index (χ3v) is 3.69. The number of rotatable bonds is 2. The van der Waals surface area contributed by atoms with E-state index in [0.717, 1.165) is 5.56 Å². The molecule has 1 aromatic rings. The summed E-state index contributed by atoms with van der Waals surface area (Å²) >= 11 is 3.32. The molecule has 0 N–H and O–H groups in total. The lowest BCUT2D eigenvalue weighted by Gasteiger charge is -2.16. The topological polar surface area (TPSA) is 15.6 Å². The van der Waals surface area contributed by atoms with E-state index >= 15 is 0 Å². The molecule has 0 aliphatic carbocycles. The quantitative estimate of drug-likeness (QED) is 0.582. The number of aliphatic imine (C=N–C) groups is 1. The lowest BCUT2D eigenvalue weighted by Crippen LogP contribution is -2.33. The molecule has 2 rings (SSSR count). The van der Waals surface area contributed by atoms with Gasteiger partial charge in [0.2, 0.25) is 0 Å². The molecule has 0 spiro atoms. The van der Waals surface area contributed by atoms with Crippen molar-refractivity contribution in [1.82, 2.24) is 4.90 Å². The summed E-state index contributed by atoms with van der Waals surface area (Å²) in [6.45, 7) is 1.56. The average molecular weight is 353 g/mol. The van der Waals surface area contributed by atoms with Crippen LogP contribution in [0.2, 0.25) is 0 Å². The SMILES string of the molecule is CC(Br)c1ccc(C2=NC(C(F)(F)F)CN2C)c(F)c1. The van der Waals surface area contributed by atoms with E-state index in [0.29, 0.717) is 0 Å². The summed E-state index contributed by atoms with van der Waals surface area (Å²) in [5.74, 6) is -0.527. The van der Waals surface area contributed by atoms with Crippen molar-refractivity contribution >= 4 is 21.8 Å². The number of nitrogens with zero attached hydrogens (tertiary/aromatic N) is 2. The van der Waals surface area contributed by atoms with Gasteiger partial charge in [0.05, 0.1) is 12.1 Å². The molecule has 1 aliphatic rings. The van der Waals surface area contributed by atoms with Gasteiger partial charge in [-0.25, -0.2) is 4.39 Å². The second kappa shape index (κ2) is 5.35. The van der Waals surface area contributed by atoms with E-state index in [-0.39, 0.29) is 22.8 Å². The maximum Gasteiger partial charge on any atom is 0.412 e. The molecule has 2 nitrogen and oxygen atoms in total. The Morgan fingerprint density at radius 1 is 1.40 bits per heavy atom. The van der Waals surface area contributed by atoms with E-state index in [2.05, 4.69) is 20.9 Å². The number of benzene rings is 1. The van der Waals surface area contributed by atoms with Crippen LogP contribution >= 0.6 is 15.9 Å². The highest BCUT2D eigenvalue weighted by Crippen LogP contribution is 2.30. The Balaban J connectivity index is 2.36. The van der Waals surface area contributed by atoms with Crippen molar-refractivity contribution in [2.24, 2.45) is 4.99 Å². The first-order valence-electron chi connectivity index (χ1n) is 5.99. The van der Waals surface area contributed by atoms with Gasteiger partial charge in [0.25, 0.3) is 0 Å². The molecule has 20 heavy (non-hydrogen) atoms. The Hall–Kier alpha value is -1.11. The van der Waals surface area contributed by atoms with Crippen molar-refractivity contribution in [2.75, 3.05) is 13.6 Å². The molecule has 1 aromatic carbocycles. The minimum absolute atomic E-state index is 0.0304. The van der Waals surface area contributed by atoms with Gasteiger partial charge in [-0.2, -0.15) is 13.2 Å². The van der Waals surface area contributed by atoms with Crippen LogP contribution in [0.5, 0.6) is 0 Å². The third-order valence-electron chi connectivity index (χ3n) is 3.16. The van der Waals surface area contributed by atoms with Gasteiger partial charge in [-0.1, -0.05) is 22.0 Å². The van der Waals surface area contributed by atoms with Crippen LogP contribution in [0.15, 0.2) is 23.2 Å². The third kappa shape index (κ3) is 2.97. The first-order chi connectivity index (χ1) is 9.20. The van der Waals surface area contributed by atoms with Gasteiger partial charge in [-0.15, -0.1) is 0 Å². The average Bonchev–Trinajstić information content (AvgIpc) is 2.71. The van der Waals surface area contributed by atoms with Crippen LogP contribution in [-0.2, 0) is 0 Å². The fourth-order valence-electron chi connectivity index (χ4n) is 2.04. The van der Waals surface area contributed by atoms with Gasteiger partial charge in [0, 0.05) is 11.9 Å². The number of halogens is 5. The predicted octanol–water partition coefficient (Wildman–Crippen LogP) is 3.90. The Bertz CT molecular complexity index is 540. The summed E-state index contributed by atoms with van der Waals surface area (Å²) in [7, 11) is 1.48. The smallest absolute Gasteiger partial charge is 0.357 e. The molecule has 1 heterocycles. The Kier molecular flexibility index (Phi) is 4.09. The van der Waals surface area contributed by atoms with Crippen LogP contribution in [0.3, 0.4) is 0 Å². The summed E-state index contributed by atoms with van der Waals surface area (Å²) < 4.78 is 52.0. The number of hydrogen-bond donors (Lipinski definition) is 0. The van der Waals surface area contributed by atoms with Crippen LogP contribution in [0.1, 0.15) is 22.9 Å². The molecule has 0 saturated carbocycles. The number of alkyl halides is 4. The zero-order valence-corrected chi connectivity index (χ0v) is 12.5. The Labute approximate surface area is 122 Å². The van der Waals surface area contributed by atoms with Gasteiger partial charge < -0.3 is 4.90 Å². The van der Waals surface area contributed by atoms with E-state index in [1.165, 1.54) is 24.1 Å². The molecule has 2 atom stereocenters. The molecule has 0 bridgehead atoms. The predicted molar refractivity (Wildman–Crippen MR) is 72.8 cm³/mol. The van der Waals surface area contributed by atoms with Gasteiger partial charge in [0.1, 0.15) is 11.7 Å². The highest BCUT2D eigenvalue weighted by atomic mass is 79.9. The lowest BCUT2D eigenvalue weighted by atomic mass is 10.1. The summed E-state index contributed by atoms with van der Waals surface area (Å²) in [4.78, 5) is 4.91. The molecule has 0 amide bonds. The normalized spacial score (nSPS) is 21.1. The van der Waals surface area contributed by atoms with E-state index in [4.69, 9.17) is 0 Å². The van der Waals surface area contributed by atoms with E-state index < -0.39 is 18.0 Å². The molecule has 0 aromatic heterocycles. The first kappa shape index (κ1) is 15.3. The van der Waals surface area contributed by atoms with Crippen LogP contribution in [-0.4, -0.2) is 36.5 Å². The Morgan fingerprint density at radius 2 is 2.05 bits per heavy atom. The zero-order valence-electron chi connectivity index (χ0n) is 10.9. The van der Waals surface area contributed by atoms with Crippen molar-refractivity contribution in [3.63, 3.8) is 0 Å². The van der Waals surface area contributed by atoms with Crippen molar-refractivity contribution in [3.8, 4) is 0 Å². The van der Waals surface area contributed by atoms with E-state index in [1.54, 1.807) is 6.07 Å². The molecule has 0 radical (unpaired) electrons. The van der Waals surface area contributed by atoms with Crippen molar-refractivity contribution in [3.05, 3.63) is 35.1 Å².